The number of likely N-dealkylation sites (tertiary alicyclic amines) is 1. The molecule has 1 aliphatic rings. The average Bonchev–Trinajstić information content (AvgIpc) is 3.27. The van der Waals surface area contributed by atoms with Crippen LogP contribution in [0.3, 0.4) is 0 Å². The molecule has 8 heteroatoms. The molecule has 32 heavy (non-hydrogen) atoms. The number of hydrogen-bond acceptors (Lipinski definition) is 4. The first-order valence-electron chi connectivity index (χ1n) is 10.9. The Bertz CT molecular complexity index is 1060. The second-order valence-electron chi connectivity index (χ2n) is 8.23. The van der Waals surface area contributed by atoms with Gasteiger partial charge in [-0.25, -0.2) is 14.5 Å². The minimum absolute atomic E-state index is 0.0153. The maximum Gasteiger partial charge on any atom is 0.321 e. The number of nitrogens with zero attached hydrogens (tertiary/aromatic N) is 4. The van der Waals surface area contributed by atoms with E-state index in [0.29, 0.717) is 37.3 Å². The Morgan fingerprint density at radius 2 is 1.75 bits per heavy atom. The summed E-state index contributed by atoms with van der Waals surface area (Å²) in [7, 11) is 0. The van der Waals surface area contributed by atoms with Crippen LogP contribution in [-0.4, -0.2) is 50.7 Å². The highest BCUT2D eigenvalue weighted by molar-refractivity contribution is 5.95. The smallest absolute Gasteiger partial charge is 0.321 e. The number of para-hydroxylation sites is 1. The van der Waals surface area contributed by atoms with Gasteiger partial charge in [0.15, 0.2) is 5.82 Å². The van der Waals surface area contributed by atoms with Crippen LogP contribution in [0.15, 0.2) is 60.9 Å². The third kappa shape index (κ3) is 4.80. The van der Waals surface area contributed by atoms with E-state index < -0.39 is 0 Å². The number of pyridine rings is 1. The first kappa shape index (κ1) is 21.5. The van der Waals surface area contributed by atoms with Crippen molar-refractivity contribution in [2.75, 3.05) is 18.4 Å². The van der Waals surface area contributed by atoms with Crippen molar-refractivity contribution in [2.24, 2.45) is 0 Å². The van der Waals surface area contributed by atoms with Gasteiger partial charge in [0.2, 0.25) is 0 Å². The standard InChI is InChI=1S/C24H28N6O2/c1-17(2)22-20(16-26-30(22)21-10-6-7-13-25-21)23(31)27-19-11-14-29(15-12-19)24(32)28-18-8-4-3-5-9-18/h3-10,13,16-17,19H,11-12,14-15H2,1-2H3,(H,27,31)(H,28,32). The van der Waals surface area contributed by atoms with Crippen LogP contribution in [0.5, 0.6) is 0 Å². The highest BCUT2D eigenvalue weighted by Gasteiger charge is 2.27. The lowest BCUT2D eigenvalue weighted by Crippen LogP contribution is -2.47. The third-order valence-corrected chi connectivity index (χ3v) is 5.61. The Morgan fingerprint density at radius 3 is 2.41 bits per heavy atom. The Labute approximate surface area is 187 Å². The molecule has 1 saturated heterocycles. The molecule has 166 valence electrons. The average molecular weight is 433 g/mol. The molecule has 1 aromatic carbocycles. The molecule has 3 aromatic rings. The first-order chi connectivity index (χ1) is 15.5. The number of nitrogens with one attached hydrogen (secondary N) is 2. The second-order valence-corrected chi connectivity index (χ2v) is 8.23. The number of piperidine rings is 1. The van der Waals surface area contributed by atoms with E-state index in [0.717, 1.165) is 11.4 Å². The molecule has 0 unspecified atom stereocenters. The summed E-state index contributed by atoms with van der Waals surface area (Å²) in [6.07, 6.45) is 4.74. The molecule has 4 rings (SSSR count). The van der Waals surface area contributed by atoms with Crippen molar-refractivity contribution in [3.05, 3.63) is 72.2 Å². The highest BCUT2D eigenvalue weighted by Crippen LogP contribution is 2.23. The van der Waals surface area contributed by atoms with Gasteiger partial charge in [0.1, 0.15) is 0 Å². The monoisotopic (exact) mass is 432 g/mol. The molecule has 0 radical (unpaired) electrons. The molecule has 0 bridgehead atoms. The Balaban J connectivity index is 1.37. The number of aromatic nitrogens is 3. The van der Waals surface area contributed by atoms with E-state index in [1.54, 1.807) is 22.0 Å². The van der Waals surface area contributed by atoms with Crippen molar-refractivity contribution in [3.8, 4) is 5.82 Å². The molecule has 1 fully saturated rings. The lowest BCUT2D eigenvalue weighted by Gasteiger charge is -2.32. The molecule has 2 N–H and O–H groups in total. The van der Waals surface area contributed by atoms with Crippen LogP contribution in [0, 0.1) is 0 Å². The van der Waals surface area contributed by atoms with Gasteiger partial charge in [0.25, 0.3) is 5.91 Å². The highest BCUT2D eigenvalue weighted by atomic mass is 16.2. The summed E-state index contributed by atoms with van der Waals surface area (Å²) >= 11 is 0. The molecular weight excluding hydrogens is 404 g/mol. The zero-order valence-electron chi connectivity index (χ0n) is 18.4. The molecular formula is C24H28N6O2. The van der Waals surface area contributed by atoms with E-state index in [1.807, 2.05) is 62.4 Å². The molecule has 0 aliphatic carbocycles. The molecule has 2 aromatic heterocycles. The normalized spacial score (nSPS) is 14.4. The van der Waals surface area contributed by atoms with Crippen molar-refractivity contribution in [1.29, 1.82) is 0 Å². The Kier molecular flexibility index (Phi) is 6.49. The zero-order chi connectivity index (χ0) is 22.5. The minimum Gasteiger partial charge on any atom is -0.349 e. The largest absolute Gasteiger partial charge is 0.349 e. The van der Waals surface area contributed by atoms with Gasteiger partial charge in [-0.2, -0.15) is 5.10 Å². The van der Waals surface area contributed by atoms with Crippen LogP contribution in [0.4, 0.5) is 10.5 Å². The quantitative estimate of drug-likeness (QED) is 0.641. The van der Waals surface area contributed by atoms with Crippen molar-refractivity contribution < 1.29 is 9.59 Å². The van der Waals surface area contributed by atoms with Crippen molar-refractivity contribution >= 4 is 17.6 Å². The van der Waals surface area contributed by atoms with E-state index in [1.165, 1.54) is 0 Å². The van der Waals surface area contributed by atoms with E-state index in [-0.39, 0.29) is 23.9 Å². The maximum atomic E-state index is 13.1. The molecule has 0 spiro atoms. The number of carbonyl (C=O) groups excluding carboxylic acids is 2. The van der Waals surface area contributed by atoms with Gasteiger partial charge in [0, 0.05) is 31.0 Å². The summed E-state index contributed by atoms with van der Waals surface area (Å²) in [5.74, 6) is 0.653. The molecule has 1 aliphatic heterocycles. The van der Waals surface area contributed by atoms with Gasteiger partial charge in [-0.3, -0.25) is 4.79 Å². The van der Waals surface area contributed by atoms with Gasteiger partial charge in [-0.15, -0.1) is 0 Å². The number of rotatable bonds is 5. The summed E-state index contributed by atoms with van der Waals surface area (Å²) in [6, 6.07) is 14.9. The fourth-order valence-electron chi connectivity index (χ4n) is 3.96. The summed E-state index contributed by atoms with van der Waals surface area (Å²) in [5, 5.41) is 10.5. The fourth-order valence-corrected chi connectivity index (χ4v) is 3.96. The van der Waals surface area contributed by atoms with Crippen molar-refractivity contribution in [2.45, 2.75) is 38.6 Å². The summed E-state index contributed by atoms with van der Waals surface area (Å²) in [4.78, 5) is 31.7. The van der Waals surface area contributed by atoms with Crippen LogP contribution in [0.1, 0.15) is 48.7 Å². The lowest BCUT2D eigenvalue weighted by molar-refractivity contribution is 0.0918. The van der Waals surface area contributed by atoms with Gasteiger partial charge in [0.05, 0.1) is 17.5 Å². The van der Waals surface area contributed by atoms with Crippen LogP contribution in [0.2, 0.25) is 0 Å². The number of carbonyl (C=O) groups is 2. The fraction of sp³-hybridized carbons (Fsp3) is 0.333. The molecule has 0 saturated carbocycles. The van der Waals surface area contributed by atoms with Gasteiger partial charge in [-0.1, -0.05) is 38.1 Å². The van der Waals surface area contributed by atoms with Crippen molar-refractivity contribution in [1.82, 2.24) is 25.0 Å². The molecule has 3 heterocycles. The summed E-state index contributed by atoms with van der Waals surface area (Å²) in [6.45, 7) is 5.26. The molecule has 8 nitrogen and oxygen atoms in total. The summed E-state index contributed by atoms with van der Waals surface area (Å²) in [5.41, 5.74) is 2.18. The summed E-state index contributed by atoms with van der Waals surface area (Å²) < 4.78 is 1.73. The first-order valence-corrected chi connectivity index (χ1v) is 10.9. The van der Waals surface area contributed by atoms with E-state index in [2.05, 4.69) is 20.7 Å². The van der Waals surface area contributed by atoms with Crippen LogP contribution in [-0.2, 0) is 0 Å². The van der Waals surface area contributed by atoms with Crippen LogP contribution < -0.4 is 10.6 Å². The Morgan fingerprint density at radius 1 is 1.03 bits per heavy atom. The third-order valence-electron chi connectivity index (χ3n) is 5.61. The van der Waals surface area contributed by atoms with Gasteiger partial charge < -0.3 is 15.5 Å². The zero-order valence-corrected chi connectivity index (χ0v) is 18.4. The van der Waals surface area contributed by atoms with Crippen LogP contribution >= 0.6 is 0 Å². The van der Waals surface area contributed by atoms with E-state index in [9.17, 15) is 9.59 Å². The number of anilines is 1. The number of urea groups is 1. The SMILES string of the molecule is CC(C)c1c(C(=O)NC2CCN(C(=O)Nc3ccccc3)CC2)cnn1-c1ccccn1. The second kappa shape index (κ2) is 9.64. The van der Waals surface area contributed by atoms with E-state index in [4.69, 9.17) is 0 Å². The lowest BCUT2D eigenvalue weighted by atomic mass is 10.0. The maximum absolute atomic E-state index is 13.1. The Hall–Kier alpha value is -3.68. The predicted molar refractivity (Wildman–Crippen MR) is 123 cm³/mol. The van der Waals surface area contributed by atoms with Crippen LogP contribution in [0.25, 0.3) is 5.82 Å². The molecule has 3 amide bonds. The van der Waals surface area contributed by atoms with Gasteiger partial charge >= 0.3 is 6.03 Å². The molecule has 0 atom stereocenters. The van der Waals surface area contributed by atoms with E-state index >= 15 is 0 Å². The van der Waals surface area contributed by atoms with Crippen molar-refractivity contribution in [3.63, 3.8) is 0 Å². The van der Waals surface area contributed by atoms with Gasteiger partial charge in [-0.05, 0) is 43.0 Å². The topological polar surface area (TPSA) is 92.2 Å². The predicted octanol–water partition coefficient (Wildman–Crippen LogP) is 3.82. The minimum atomic E-state index is -0.136. The number of benzene rings is 1. The number of amides is 3. The number of hydrogen-bond donors (Lipinski definition) is 2.